The highest BCUT2D eigenvalue weighted by molar-refractivity contribution is 7.80. The largest absolute Gasteiger partial charge is 0.419 e. The number of aromatic nitrogens is 1. The van der Waals surface area contributed by atoms with Gasteiger partial charge in [-0.05, 0) is 18.3 Å². The lowest BCUT2D eigenvalue weighted by Gasteiger charge is -2.10. The lowest BCUT2D eigenvalue weighted by molar-refractivity contribution is -0.138. The van der Waals surface area contributed by atoms with E-state index in [1.54, 1.807) is 0 Å². The zero-order chi connectivity index (χ0) is 12.3. The van der Waals surface area contributed by atoms with Gasteiger partial charge in [0.25, 0.3) is 0 Å². The fourth-order valence-electron chi connectivity index (χ4n) is 0.981. The van der Waals surface area contributed by atoms with Crippen LogP contribution >= 0.6 is 12.2 Å². The maximum atomic E-state index is 12.5. The zero-order valence-corrected chi connectivity index (χ0v) is 8.49. The van der Waals surface area contributed by atoms with Crippen LogP contribution in [0.5, 0.6) is 0 Å². The standard InChI is InChI=1S/C8H5F3N4S/c9-8(10,11)5-1-4(15-7(13)16)3-14-6(5)2-12/h1,3H,(H3,13,15,16). The first-order valence-corrected chi connectivity index (χ1v) is 4.29. The van der Waals surface area contributed by atoms with E-state index < -0.39 is 17.4 Å². The molecule has 0 spiro atoms. The molecule has 4 nitrogen and oxygen atoms in total. The van der Waals surface area contributed by atoms with E-state index >= 15 is 0 Å². The van der Waals surface area contributed by atoms with Crippen LogP contribution in [0, 0.1) is 11.3 Å². The van der Waals surface area contributed by atoms with Crippen molar-refractivity contribution in [2.45, 2.75) is 6.18 Å². The lowest BCUT2D eigenvalue weighted by Crippen LogP contribution is -2.20. The number of hydrogen-bond donors (Lipinski definition) is 2. The van der Waals surface area contributed by atoms with Crippen LogP contribution in [0.1, 0.15) is 11.3 Å². The Morgan fingerprint density at radius 3 is 2.62 bits per heavy atom. The van der Waals surface area contributed by atoms with Gasteiger partial charge >= 0.3 is 6.18 Å². The Bertz CT molecular complexity index is 463. The smallest absolute Gasteiger partial charge is 0.376 e. The molecule has 0 saturated carbocycles. The van der Waals surface area contributed by atoms with Gasteiger partial charge in [0, 0.05) is 0 Å². The van der Waals surface area contributed by atoms with Gasteiger partial charge in [-0.2, -0.15) is 18.4 Å². The van der Waals surface area contributed by atoms with Gasteiger partial charge in [-0.1, -0.05) is 0 Å². The van der Waals surface area contributed by atoms with Gasteiger partial charge in [0.1, 0.15) is 6.07 Å². The van der Waals surface area contributed by atoms with Gasteiger partial charge in [-0.15, -0.1) is 0 Å². The molecule has 0 aromatic carbocycles. The molecule has 3 N–H and O–H groups in total. The van der Waals surface area contributed by atoms with E-state index in [0.29, 0.717) is 0 Å². The number of anilines is 1. The summed E-state index contributed by atoms with van der Waals surface area (Å²) in [6.45, 7) is 0. The summed E-state index contributed by atoms with van der Waals surface area (Å²) < 4.78 is 37.4. The van der Waals surface area contributed by atoms with Crippen molar-refractivity contribution in [1.82, 2.24) is 4.98 Å². The number of halogens is 3. The molecule has 0 fully saturated rings. The van der Waals surface area contributed by atoms with Crippen LogP contribution in [0.25, 0.3) is 0 Å². The third-order valence-electron chi connectivity index (χ3n) is 1.57. The van der Waals surface area contributed by atoms with Gasteiger partial charge in [0.15, 0.2) is 10.8 Å². The summed E-state index contributed by atoms with van der Waals surface area (Å²) >= 11 is 4.47. The first-order chi connectivity index (χ1) is 7.34. The monoisotopic (exact) mass is 246 g/mol. The highest BCUT2D eigenvalue weighted by Crippen LogP contribution is 2.32. The van der Waals surface area contributed by atoms with Crippen LogP contribution in [0.2, 0.25) is 0 Å². The van der Waals surface area contributed by atoms with Crippen LogP contribution < -0.4 is 11.1 Å². The third-order valence-corrected chi connectivity index (χ3v) is 1.67. The van der Waals surface area contributed by atoms with Crippen LogP contribution in [0.4, 0.5) is 18.9 Å². The van der Waals surface area contributed by atoms with Crippen LogP contribution in [-0.2, 0) is 6.18 Å². The number of rotatable bonds is 1. The third kappa shape index (κ3) is 2.80. The normalized spacial score (nSPS) is 10.6. The molecule has 1 rings (SSSR count). The quantitative estimate of drug-likeness (QED) is 0.736. The molecule has 0 bridgehead atoms. The molecular formula is C8H5F3N4S. The average molecular weight is 246 g/mol. The van der Waals surface area contributed by atoms with Crippen LogP contribution in [0.3, 0.4) is 0 Å². The summed E-state index contributed by atoms with van der Waals surface area (Å²) in [6, 6.07) is 2.09. The summed E-state index contributed by atoms with van der Waals surface area (Å²) in [6.07, 6.45) is -3.60. The minimum Gasteiger partial charge on any atom is -0.376 e. The van der Waals surface area contributed by atoms with E-state index in [9.17, 15) is 13.2 Å². The van der Waals surface area contributed by atoms with Crippen molar-refractivity contribution >= 4 is 23.0 Å². The second kappa shape index (κ2) is 4.32. The molecule has 1 aromatic heterocycles. The number of pyridine rings is 1. The Labute approximate surface area is 93.9 Å². The van der Waals surface area contributed by atoms with E-state index in [2.05, 4.69) is 22.5 Å². The van der Waals surface area contributed by atoms with Crippen molar-refractivity contribution in [2.24, 2.45) is 5.73 Å². The SMILES string of the molecule is N#Cc1ncc(NC(N)=S)cc1C(F)(F)F. The molecule has 0 unspecified atom stereocenters. The van der Waals surface area contributed by atoms with E-state index in [-0.39, 0.29) is 10.8 Å². The molecule has 1 heterocycles. The Morgan fingerprint density at radius 1 is 1.56 bits per heavy atom. The van der Waals surface area contributed by atoms with Gasteiger partial charge in [-0.25, -0.2) is 4.98 Å². The molecule has 0 aliphatic rings. The van der Waals surface area contributed by atoms with E-state index in [4.69, 9.17) is 11.0 Å². The molecule has 8 heteroatoms. The summed E-state index contributed by atoms with van der Waals surface area (Å²) in [5.41, 5.74) is 3.26. The van der Waals surface area contributed by atoms with Crippen molar-refractivity contribution in [3.8, 4) is 6.07 Å². The topological polar surface area (TPSA) is 74.7 Å². The lowest BCUT2D eigenvalue weighted by atomic mass is 10.2. The Hall–Kier alpha value is -1.88. The predicted molar refractivity (Wildman–Crippen MR) is 54.4 cm³/mol. The number of nitrogens with zero attached hydrogens (tertiary/aromatic N) is 2. The summed E-state index contributed by atoms with van der Waals surface area (Å²) in [4.78, 5) is 3.36. The fourth-order valence-corrected chi connectivity index (χ4v) is 1.10. The van der Waals surface area contributed by atoms with Crippen molar-refractivity contribution in [3.63, 3.8) is 0 Å². The maximum Gasteiger partial charge on any atom is 0.419 e. The van der Waals surface area contributed by atoms with E-state index in [1.165, 1.54) is 6.07 Å². The molecule has 0 saturated heterocycles. The summed E-state index contributed by atoms with van der Waals surface area (Å²) in [7, 11) is 0. The van der Waals surface area contributed by atoms with Gasteiger partial charge < -0.3 is 11.1 Å². The number of nitriles is 1. The minimum absolute atomic E-state index is 0.0150. The molecule has 0 radical (unpaired) electrons. The second-order valence-electron chi connectivity index (χ2n) is 2.72. The Balaban J connectivity index is 3.23. The second-order valence-corrected chi connectivity index (χ2v) is 3.16. The molecule has 16 heavy (non-hydrogen) atoms. The molecule has 0 atom stereocenters. The molecule has 0 aliphatic carbocycles. The van der Waals surface area contributed by atoms with Crippen molar-refractivity contribution in [1.29, 1.82) is 5.26 Å². The van der Waals surface area contributed by atoms with Crippen molar-refractivity contribution in [2.75, 3.05) is 5.32 Å². The molecule has 84 valence electrons. The number of thiocarbonyl (C=S) groups is 1. The van der Waals surface area contributed by atoms with Crippen LogP contribution in [-0.4, -0.2) is 10.1 Å². The van der Waals surface area contributed by atoms with Gasteiger partial charge in [-0.3, -0.25) is 0 Å². The minimum atomic E-state index is -4.65. The number of nitrogens with one attached hydrogen (secondary N) is 1. The maximum absolute atomic E-state index is 12.5. The van der Waals surface area contributed by atoms with E-state index in [1.807, 2.05) is 0 Å². The van der Waals surface area contributed by atoms with Crippen molar-refractivity contribution in [3.05, 3.63) is 23.5 Å². The van der Waals surface area contributed by atoms with Gasteiger partial charge in [0.2, 0.25) is 0 Å². The first-order valence-electron chi connectivity index (χ1n) is 3.88. The summed E-state index contributed by atoms with van der Waals surface area (Å²) in [5, 5.41) is 10.6. The highest BCUT2D eigenvalue weighted by Gasteiger charge is 2.34. The summed E-state index contributed by atoms with van der Waals surface area (Å²) in [5.74, 6) is 0. The highest BCUT2D eigenvalue weighted by atomic mass is 32.1. The van der Waals surface area contributed by atoms with Crippen molar-refractivity contribution < 1.29 is 13.2 Å². The Kier molecular flexibility index (Phi) is 3.29. The average Bonchev–Trinajstić information content (AvgIpc) is 2.15. The van der Waals surface area contributed by atoms with Gasteiger partial charge in [0.05, 0.1) is 17.4 Å². The van der Waals surface area contributed by atoms with Crippen LogP contribution in [0.15, 0.2) is 12.3 Å². The zero-order valence-electron chi connectivity index (χ0n) is 7.67. The van der Waals surface area contributed by atoms with E-state index in [0.717, 1.165) is 12.3 Å². The first kappa shape index (κ1) is 12.2. The number of hydrogen-bond acceptors (Lipinski definition) is 3. The molecular weight excluding hydrogens is 241 g/mol. The Morgan fingerprint density at radius 2 is 2.19 bits per heavy atom. The predicted octanol–water partition coefficient (Wildman–Crippen LogP) is 1.63. The molecule has 0 amide bonds. The molecule has 1 aromatic rings. The number of alkyl halides is 3. The molecule has 0 aliphatic heterocycles. The number of nitrogens with two attached hydrogens (primary N) is 1. The fraction of sp³-hybridized carbons (Fsp3) is 0.125.